The maximum absolute atomic E-state index is 12.2. The fraction of sp³-hybridized carbons (Fsp3) is 0.200. The normalized spacial score (nSPS) is 9.29. The van der Waals surface area contributed by atoms with E-state index in [9.17, 15) is 9.59 Å². The van der Waals surface area contributed by atoms with Gasteiger partial charge in [-0.3, -0.25) is 0 Å². The molecule has 0 atom stereocenters. The van der Waals surface area contributed by atoms with Gasteiger partial charge >= 0.3 is 11.9 Å². The molecule has 126 valence electrons. The van der Waals surface area contributed by atoms with Crippen LogP contribution in [0.4, 0.5) is 0 Å². The number of rotatable bonds is 5. The molecule has 4 heteroatoms. The molecule has 0 aliphatic heterocycles. The first-order chi connectivity index (χ1) is 11.6. The van der Waals surface area contributed by atoms with Gasteiger partial charge < -0.3 is 9.47 Å². The number of carbonyl (C=O) groups is 2. The first-order valence-electron chi connectivity index (χ1n) is 7.75. The van der Waals surface area contributed by atoms with Gasteiger partial charge in [0.05, 0.1) is 0 Å². The lowest BCUT2D eigenvalue weighted by molar-refractivity contribution is -0.130. The average molecular weight is 326 g/mol. The minimum absolute atomic E-state index is 0.155. The Morgan fingerprint density at radius 3 is 2.17 bits per heavy atom. The Morgan fingerprint density at radius 1 is 0.958 bits per heavy atom. The van der Waals surface area contributed by atoms with Crippen LogP contribution in [-0.4, -0.2) is 11.9 Å². The monoisotopic (exact) mass is 326 g/mol. The summed E-state index contributed by atoms with van der Waals surface area (Å²) >= 11 is 0. The highest BCUT2D eigenvalue weighted by Crippen LogP contribution is 2.20. The first kappa shape index (κ1) is 19.2. The van der Waals surface area contributed by atoms with Crippen LogP contribution in [0, 0.1) is 0 Å². The third-order valence-corrected chi connectivity index (χ3v) is 2.87. The molecule has 0 aliphatic carbocycles. The Bertz CT molecular complexity index is 690. The van der Waals surface area contributed by atoms with E-state index in [0.717, 1.165) is 5.56 Å². The van der Waals surface area contributed by atoms with Crippen LogP contribution in [0.15, 0.2) is 66.7 Å². The van der Waals surface area contributed by atoms with E-state index in [1.165, 1.54) is 0 Å². The van der Waals surface area contributed by atoms with Crippen molar-refractivity contribution in [3.05, 3.63) is 77.9 Å². The zero-order chi connectivity index (χ0) is 17.9. The van der Waals surface area contributed by atoms with Crippen LogP contribution in [-0.2, 0) is 16.1 Å². The van der Waals surface area contributed by atoms with Crippen LogP contribution in [0.3, 0.4) is 0 Å². The average Bonchev–Trinajstić information content (AvgIpc) is 2.62. The van der Waals surface area contributed by atoms with Gasteiger partial charge in [-0.15, -0.1) is 0 Å². The van der Waals surface area contributed by atoms with Gasteiger partial charge in [0.1, 0.15) is 17.9 Å². The van der Waals surface area contributed by atoms with E-state index in [1.54, 1.807) is 31.2 Å². The quantitative estimate of drug-likeness (QED) is 0.459. The number of hydrogen-bond donors (Lipinski definition) is 0. The van der Waals surface area contributed by atoms with Crippen molar-refractivity contribution in [2.75, 3.05) is 0 Å². The highest BCUT2D eigenvalue weighted by Gasteiger charge is 2.16. The molecule has 0 saturated carbocycles. The molecule has 0 fully saturated rings. The van der Waals surface area contributed by atoms with Gasteiger partial charge in [-0.25, -0.2) is 9.59 Å². The minimum Gasteiger partial charge on any atom is -0.457 e. The van der Waals surface area contributed by atoms with Gasteiger partial charge in [0.25, 0.3) is 0 Å². The zero-order valence-electron chi connectivity index (χ0n) is 14.2. The predicted molar refractivity (Wildman–Crippen MR) is 93.8 cm³/mol. The Labute approximate surface area is 142 Å². The summed E-state index contributed by atoms with van der Waals surface area (Å²) in [6.07, 6.45) is 0. The first-order valence-corrected chi connectivity index (χ1v) is 7.75. The topological polar surface area (TPSA) is 52.6 Å². The molecular formula is C20H22O4. The van der Waals surface area contributed by atoms with Gasteiger partial charge in [0.2, 0.25) is 0 Å². The smallest absolute Gasteiger partial charge is 0.342 e. The van der Waals surface area contributed by atoms with E-state index in [2.05, 4.69) is 6.58 Å². The number of benzene rings is 2. The number of esters is 2. The summed E-state index contributed by atoms with van der Waals surface area (Å²) in [6.45, 7) is 9.21. The molecule has 0 spiro atoms. The van der Waals surface area contributed by atoms with Crippen molar-refractivity contribution >= 4 is 11.9 Å². The maximum Gasteiger partial charge on any atom is 0.342 e. The molecule has 2 rings (SSSR count). The molecule has 0 bridgehead atoms. The van der Waals surface area contributed by atoms with Gasteiger partial charge in [-0.1, -0.05) is 62.9 Å². The summed E-state index contributed by atoms with van der Waals surface area (Å²) in [5.41, 5.74) is 1.34. The number of carbonyl (C=O) groups excluding carboxylic acids is 2. The molecule has 4 nitrogen and oxygen atoms in total. The summed E-state index contributed by atoms with van der Waals surface area (Å²) in [7, 11) is 0. The van der Waals surface area contributed by atoms with E-state index in [0.29, 0.717) is 0 Å². The van der Waals surface area contributed by atoms with Gasteiger partial charge in [0, 0.05) is 5.57 Å². The lowest BCUT2D eigenvalue weighted by atomic mass is 10.2. The second-order valence-electron chi connectivity index (χ2n) is 4.73. The Morgan fingerprint density at radius 2 is 1.54 bits per heavy atom. The third-order valence-electron chi connectivity index (χ3n) is 2.87. The van der Waals surface area contributed by atoms with Crippen LogP contribution >= 0.6 is 0 Å². The zero-order valence-corrected chi connectivity index (χ0v) is 14.2. The molecule has 0 aliphatic rings. The van der Waals surface area contributed by atoms with E-state index in [-0.39, 0.29) is 23.5 Å². The molecule has 0 amide bonds. The van der Waals surface area contributed by atoms with Crippen LogP contribution < -0.4 is 4.74 Å². The molecule has 0 unspecified atom stereocenters. The highest BCUT2D eigenvalue weighted by molar-refractivity contribution is 5.95. The molecule has 0 heterocycles. The Kier molecular flexibility index (Phi) is 7.99. The van der Waals surface area contributed by atoms with Crippen molar-refractivity contribution in [1.29, 1.82) is 0 Å². The molecule has 2 aromatic carbocycles. The summed E-state index contributed by atoms with van der Waals surface area (Å²) in [5.74, 6) is -0.967. The lowest BCUT2D eigenvalue weighted by Gasteiger charge is -2.10. The standard InChI is InChI=1S/C18H16O4.C2H6/c1-13(2)17(19)22-16-11-7-6-10-15(16)18(20)21-12-14-8-4-3-5-9-14;1-2/h3-11H,1,12H2,2H3;1-2H3. The van der Waals surface area contributed by atoms with Crippen LogP contribution in [0.2, 0.25) is 0 Å². The number of ether oxygens (including phenoxy) is 2. The molecule has 2 aromatic rings. The molecule has 0 radical (unpaired) electrons. The highest BCUT2D eigenvalue weighted by atomic mass is 16.5. The summed E-state index contributed by atoms with van der Waals surface area (Å²) < 4.78 is 10.4. The SMILES string of the molecule is C=C(C)C(=O)Oc1ccccc1C(=O)OCc1ccccc1.CC. The fourth-order valence-corrected chi connectivity index (χ4v) is 1.71. The second kappa shape index (κ2) is 10.0. The van der Waals surface area contributed by atoms with Crippen molar-refractivity contribution in [2.45, 2.75) is 27.4 Å². The summed E-state index contributed by atoms with van der Waals surface area (Å²) in [4.78, 5) is 23.7. The fourth-order valence-electron chi connectivity index (χ4n) is 1.71. The van der Waals surface area contributed by atoms with Crippen LogP contribution in [0.1, 0.15) is 36.7 Å². The lowest BCUT2D eigenvalue weighted by Crippen LogP contribution is -2.13. The Balaban J connectivity index is 0.00000139. The number of hydrogen-bond acceptors (Lipinski definition) is 4. The Hall–Kier alpha value is -2.88. The van der Waals surface area contributed by atoms with Crippen molar-refractivity contribution < 1.29 is 19.1 Å². The maximum atomic E-state index is 12.2. The van der Waals surface area contributed by atoms with E-state index in [1.807, 2.05) is 44.2 Å². The number of para-hydroxylation sites is 1. The third kappa shape index (κ3) is 5.72. The predicted octanol–water partition coefficient (Wildman–Crippen LogP) is 4.55. The van der Waals surface area contributed by atoms with Gasteiger partial charge in [-0.2, -0.15) is 0 Å². The van der Waals surface area contributed by atoms with E-state index < -0.39 is 11.9 Å². The molecule has 0 saturated heterocycles. The van der Waals surface area contributed by atoms with Crippen molar-refractivity contribution in [3.8, 4) is 5.75 Å². The molecule has 24 heavy (non-hydrogen) atoms. The van der Waals surface area contributed by atoms with Crippen molar-refractivity contribution in [1.82, 2.24) is 0 Å². The molecular weight excluding hydrogens is 304 g/mol. The van der Waals surface area contributed by atoms with E-state index >= 15 is 0 Å². The van der Waals surface area contributed by atoms with Gasteiger partial charge in [-0.05, 0) is 24.6 Å². The van der Waals surface area contributed by atoms with Crippen molar-refractivity contribution in [3.63, 3.8) is 0 Å². The van der Waals surface area contributed by atoms with Gasteiger partial charge in [0.15, 0.2) is 0 Å². The largest absolute Gasteiger partial charge is 0.457 e. The van der Waals surface area contributed by atoms with Crippen LogP contribution in [0.5, 0.6) is 5.75 Å². The van der Waals surface area contributed by atoms with E-state index in [4.69, 9.17) is 9.47 Å². The second-order valence-corrected chi connectivity index (χ2v) is 4.73. The minimum atomic E-state index is -0.580. The van der Waals surface area contributed by atoms with Crippen molar-refractivity contribution in [2.24, 2.45) is 0 Å². The summed E-state index contributed by atoms with van der Waals surface area (Å²) in [6, 6.07) is 15.8. The molecule has 0 N–H and O–H groups in total. The summed E-state index contributed by atoms with van der Waals surface area (Å²) in [5, 5.41) is 0. The molecule has 0 aromatic heterocycles. The van der Waals surface area contributed by atoms with Crippen LogP contribution in [0.25, 0.3) is 0 Å².